The fourth-order valence-electron chi connectivity index (χ4n) is 2.86. The van der Waals surface area contributed by atoms with Crippen LogP contribution in [-0.2, 0) is 20.9 Å². The average Bonchev–Trinajstić information content (AvgIpc) is 3.08. The average molecular weight is 353 g/mol. The van der Waals surface area contributed by atoms with E-state index in [0.717, 1.165) is 10.5 Å². The minimum Gasteiger partial charge on any atom is -0.497 e. The third-order valence-electron chi connectivity index (χ3n) is 4.26. The van der Waals surface area contributed by atoms with Crippen molar-refractivity contribution in [3.63, 3.8) is 0 Å². The first-order valence-electron chi connectivity index (χ1n) is 8.31. The Balaban J connectivity index is 1.71. The van der Waals surface area contributed by atoms with Crippen molar-refractivity contribution < 1.29 is 23.9 Å². The Labute approximate surface area is 151 Å². The van der Waals surface area contributed by atoms with Crippen LogP contribution in [0.5, 0.6) is 5.75 Å². The molecule has 0 N–H and O–H groups in total. The van der Waals surface area contributed by atoms with Gasteiger partial charge in [0, 0.05) is 12.0 Å². The van der Waals surface area contributed by atoms with Crippen molar-refractivity contribution in [1.82, 2.24) is 4.90 Å². The van der Waals surface area contributed by atoms with E-state index in [-0.39, 0.29) is 25.4 Å². The molecule has 0 saturated carbocycles. The summed E-state index contributed by atoms with van der Waals surface area (Å²) in [4.78, 5) is 38.3. The number of carbonyl (C=O) groups excluding carboxylic acids is 3. The topological polar surface area (TPSA) is 72.9 Å². The monoisotopic (exact) mass is 353 g/mol. The van der Waals surface area contributed by atoms with E-state index in [2.05, 4.69) is 0 Å². The lowest BCUT2D eigenvalue weighted by Gasteiger charge is -2.21. The van der Waals surface area contributed by atoms with Crippen molar-refractivity contribution in [2.24, 2.45) is 0 Å². The van der Waals surface area contributed by atoms with Gasteiger partial charge in [0.25, 0.3) is 5.91 Å². The zero-order chi connectivity index (χ0) is 18.5. The van der Waals surface area contributed by atoms with Gasteiger partial charge in [0.05, 0.1) is 7.11 Å². The lowest BCUT2D eigenvalue weighted by Crippen LogP contribution is -2.43. The van der Waals surface area contributed by atoms with Gasteiger partial charge in [-0.05, 0) is 36.2 Å². The highest BCUT2D eigenvalue weighted by molar-refractivity contribution is 6.08. The summed E-state index contributed by atoms with van der Waals surface area (Å²) in [5.41, 5.74) is 1.17. The predicted octanol–water partition coefficient (Wildman–Crippen LogP) is 2.57. The predicted molar refractivity (Wildman–Crippen MR) is 93.4 cm³/mol. The summed E-state index contributed by atoms with van der Waals surface area (Å²) in [6, 6.07) is 14.8. The van der Waals surface area contributed by atoms with Gasteiger partial charge in [-0.15, -0.1) is 0 Å². The summed E-state index contributed by atoms with van der Waals surface area (Å²) in [6.45, 7) is 0.106. The molecule has 0 aromatic heterocycles. The summed E-state index contributed by atoms with van der Waals surface area (Å²) >= 11 is 0. The number of esters is 1. The first kappa shape index (κ1) is 17.7. The number of rotatable bonds is 5. The molecule has 3 rings (SSSR count). The van der Waals surface area contributed by atoms with Gasteiger partial charge in [0.2, 0.25) is 5.91 Å². The lowest BCUT2D eigenvalue weighted by atomic mass is 10.1. The smallest absolute Gasteiger partial charge is 0.329 e. The van der Waals surface area contributed by atoms with Gasteiger partial charge in [0.15, 0.2) is 0 Å². The maximum atomic E-state index is 12.7. The Morgan fingerprint density at radius 3 is 2.42 bits per heavy atom. The molecule has 1 saturated heterocycles. The zero-order valence-corrected chi connectivity index (χ0v) is 14.4. The fraction of sp³-hybridized carbons (Fsp3) is 0.250. The van der Waals surface area contributed by atoms with Crippen LogP contribution in [0.2, 0.25) is 0 Å². The number of benzene rings is 2. The molecule has 6 heteroatoms. The summed E-state index contributed by atoms with van der Waals surface area (Å²) in [5, 5.41) is 0. The molecule has 1 heterocycles. The van der Waals surface area contributed by atoms with Crippen LogP contribution in [0.3, 0.4) is 0 Å². The highest BCUT2D eigenvalue weighted by Gasteiger charge is 2.41. The Bertz CT molecular complexity index is 801. The van der Waals surface area contributed by atoms with Gasteiger partial charge in [-0.25, -0.2) is 4.79 Å². The van der Waals surface area contributed by atoms with Crippen LogP contribution < -0.4 is 4.74 Å². The Hall–Kier alpha value is -3.15. The highest BCUT2D eigenvalue weighted by atomic mass is 16.5. The summed E-state index contributed by atoms with van der Waals surface area (Å²) < 4.78 is 10.4. The second-order valence-electron chi connectivity index (χ2n) is 5.95. The standard InChI is InChI=1S/C20H19NO5/c1-25-16-9-7-15(8-10-16)19(23)21-17(11-12-18(21)22)20(24)26-13-14-5-3-2-4-6-14/h2-10,17H,11-13H2,1H3/t17-/m0/s1. The Kier molecular flexibility index (Phi) is 5.31. The van der Waals surface area contributed by atoms with Crippen LogP contribution in [0.25, 0.3) is 0 Å². The molecule has 1 atom stereocenters. The van der Waals surface area contributed by atoms with Gasteiger partial charge >= 0.3 is 5.97 Å². The molecule has 1 aliphatic rings. The first-order valence-corrected chi connectivity index (χ1v) is 8.31. The van der Waals surface area contributed by atoms with Crippen molar-refractivity contribution >= 4 is 17.8 Å². The molecular weight excluding hydrogens is 334 g/mol. The largest absolute Gasteiger partial charge is 0.497 e. The van der Waals surface area contributed by atoms with Gasteiger partial charge in [0.1, 0.15) is 18.4 Å². The molecule has 2 amide bonds. The number of methoxy groups -OCH3 is 1. The highest BCUT2D eigenvalue weighted by Crippen LogP contribution is 2.24. The van der Waals surface area contributed by atoms with Gasteiger partial charge in [-0.2, -0.15) is 0 Å². The zero-order valence-electron chi connectivity index (χ0n) is 14.4. The molecule has 0 bridgehead atoms. The van der Waals surface area contributed by atoms with Crippen LogP contribution in [0.4, 0.5) is 0 Å². The fourth-order valence-corrected chi connectivity index (χ4v) is 2.86. The molecular formula is C20H19NO5. The number of ether oxygens (including phenoxy) is 2. The number of nitrogens with zero attached hydrogens (tertiary/aromatic N) is 1. The van der Waals surface area contributed by atoms with Crippen molar-refractivity contribution in [2.75, 3.05) is 7.11 Å². The number of hydrogen-bond donors (Lipinski definition) is 0. The van der Waals surface area contributed by atoms with E-state index in [1.54, 1.807) is 24.3 Å². The Morgan fingerprint density at radius 1 is 1.08 bits per heavy atom. The second kappa shape index (κ2) is 7.82. The molecule has 2 aromatic carbocycles. The SMILES string of the molecule is COc1ccc(C(=O)N2C(=O)CC[C@H]2C(=O)OCc2ccccc2)cc1. The van der Waals surface area contributed by atoms with E-state index in [9.17, 15) is 14.4 Å². The molecule has 0 unspecified atom stereocenters. The van der Waals surface area contributed by atoms with E-state index < -0.39 is 17.9 Å². The van der Waals surface area contributed by atoms with E-state index in [1.807, 2.05) is 30.3 Å². The van der Waals surface area contributed by atoms with E-state index in [4.69, 9.17) is 9.47 Å². The van der Waals surface area contributed by atoms with Crippen molar-refractivity contribution in [1.29, 1.82) is 0 Å². The minimum absolute atomic E-state index is 0.106. The number of hydrogen-bond acceptors (Lipinski definition) is 5. The van der Waals surface area contributed by atoms with Crippen molar-refractivity contribution in [3.8, 4) is 5.75 Å². The van der Waals surface area contributed by atoms with Crippen molar-refractivity contribution in [3.05, 3.63) is 65.7 Å². The molecule has 0 aliphatic carbocycles. The van der Waals surface area contributed by atoms with E-state index >= 15 is 0 Å². The molecule has 2 aromatic rings. The van der Waals surface area contributed by atoms with Gasteiger partial charge in [-0.3, -0.25) is 14.5 Å². The lowest BCUT2D eigenvalue weighted by molar-refractivity contribution is -0.151. The second-order valence-corrected chi connectivity index (χ2v) is 5.95. The summed E-state index contributed by atoms with van der Waals surface area (Å²) in [7, 11) is 1.53. The van der Waals surface area contributed by atoms with Crippen LogP contribution in [0, 0.1) is 0 Å². The molecule has 134 valence electrons. The van der Waals surface area contributed by atoms with Crippen LogP contribution >= 0.6 is 0 Å². The molecule has 26 heavy (non-hydrogen) atoms. The van der Waals surface area contributed by atoms with Crippen LogP contribution in [0.1, 0.15) is 28.8 Å². The first-order chi connectivity index (χ1) is 12.6. The molecule has 1 aliphatic heterocycles. The van der Waals surface area contributed by atoms with Crippen molar-refractivity contribution in [2.45, 2.75) is 25.5 Å². The third-order valence-corrected chi connectivity index (χ3v) is 4.26. The molecule has 0 spiro atoms. The number of amides is 2. The van der Waals surface area contributed by atoms with Gasteiger partial charge in [-0.1, -0.05) is 30.3 Å². The third kappa shape index (κ3) is 3.74. The number of likely N-dealkylation sites (tertiary alicyclic amines) is 1. The van der Waals surface area contributed by atoms with E-state index in [0.29, 0.717) is 11.3 Å². The maximum absolute atomic E-state index is 12.7. The summed E-state index contributed by atoms with van der Waals surface area (Å²) in [5.74, 6) is -0.834. The quantitative estimate of drug-likeness (QED) is 0.610. The van der Waals surface area contributed by atoms with Crippen LogP contribution in [-0.4, -0.2) is 35.8 Å². The number of carbonyl (C=O) groups is 3. The van der Waals surface area contributed by atoms with E-state index in [1.165, 1.54) is 7.11 Å². The Morgan fingerprint density at radius 2 is 1.77 bits per heavy atom. The normalized spacial score (nSPS) is 16.4. The van der Waals surface area contributed by atoms with Gasteiger partial charge < -0.3 is 9.47 Å². The maximum Gasteiger partial charge on any atom is 0.329 e. The van der Waals surface area contributed by atoms with Crippen LogP contribution in [0.15, 0.2) is 54.6 Å². The molecule has 0 radical (unpaired) electrons. The minimum atomic E-state index is -0.888. The molecule has 1 fully saturated rings. The number of imide groups is 1. The molecule has 6 nitrogen and oxygen atoms in total. The summed E-state index contributed by atoms with van der Waals surface area (Å²) in [6.07, 6.45) is 0.418.